The number of aromatic nitrogens is 1. The van der Waals surface area contributed by atoms with Crippen LogP contribution < -0.4 is 4.74 Å². The number of halogens is 1. The van der Waals surface area contributed by atoms with Crippen molar-refractivity contribution < 1.29 is 4.74 Å². The first-order chi connectivity index (χ1) is 9.20. The zero-order valence-corrected chi connectivity index (χ0v) is 12.2. The summed E-state index contributed by atoms with van der Waals surface area (Å²) in [6.45, 7) is 2.61. The van der Waals surface area contributed by atoms with E-state index in [1.54, 1.807) is 0 Å². The summed E-state index contributed by atoms with van der Waals surface area (Å²) in [5.41, 5.74) is 3.42. The van der Waals surface area contributed by atoms with Gasteiger partial charge in [-0.25, -0.2) is 0 Å². The van der Waals surface area contributed by atoms with Gasteiger partial charge in [-0.15, -0.1) is 0 Å². The second-order valence-corrected chi connectivity index (χ2v) is 5.55. The van der Waals surface area contributed by atoms with Crippen molar-refractivity contribution in [1.82, 2.24) is 4.98 Å². The molecule has 0 aliphatic rings. The van der Waals surface area contributed by atoms with E-state index in [9.17, 15) is 0 Å². The summed E-state index contributed by atoms with van der Waals surface area (Å²) in [6, 6.07) is 16.4. The van der Waals surface area contributed by atoms with Crippen LogP contribution in [0.5, 0.6) is 5.75 Å². The van der Waals surface area contributed by atoms with E-state index in [-0.39, 0.29) is 0 Å². The molecular formula is C16H14BrNO. The van der Waals surface area contributed by atoms with Gasteiger partial charge < -0.3 is 9.72 Å². The molecule has 2 nitrogen and oxygen atoms in total. The number of ether oxygens (including phenoxy) is 1. The third-order valence-corrected chi connectivity index (χ3v) is 3.52. The topological polar surface area (TPSA) is 25.0 Å². The number of H-pyrrole nitrogens is 1. The molecule has 0 bridgehead atoms. The van der Waals surface area contributed by atoms with Gasteiger partial charge in [0.25, 0.3) is 0 Å². The Morgan fingerprint density at radius 2 is 2.00 bits per heavy atom. The molecule has 0 spiro atoms. The Morgan fingerprint density at radius 3 is 2.84 bits per heavy atom. The molecule has 0 radical (unpaired) electrons. The second kappa shape index (κ2) is 5.10. The molecule has 0 aliphatic heterocycles. The van der Waals surface area contributed by atoms with Crippen LogP contribution in [0, 0.1) is 6.92 Å². The average molecular weight is 316 g/mol. The van der Waals surface area contributed by atoms with Gasteiger partial charge in [-0.05, 0) is 48.9 Å². The summed E-state index contributed by atoms with van der Waals surface area (Å²) in [5.74, 6) is 0.903. The minimum Gasteiger partial charge on any atom is -0.487 e. The smallest absolute Gasteiger partial charge is 0.128 e. The number of rotatable bonds is 3. The lowest BCUT2D eigenvalue weighted by Crippen LogP contribution is -1.95. The van der Waals surface area contributed by atoms with Crippen LogP contribution in [0.15, 0.2) is 53.0 Å². The van der Waals surface area contributed by atoms with Crippen molar-refractivity contribution in [3.05, 3.63) is 64.3 Å². The van der Waals surface area contributed by atoms with Crippen molar-refractivity contribution >= 4 is 26.8 Å². The molecule has 1 aromatic heterocycles. The highest BCUT2D eigenvalue weighted by Crippen LogP contribution is 2.21. The quantitative estimate of drug-likeness (QED) is 0.736. The Morgan fingerprint density at radius 1 is 1.11 bits per heavy atom. The second-order valence-electron chi connectivity index (χ2n) is 4.63. The van der Waals surface area contributed by atoms with Crippen molar-refractivity contribution in [2.75, 3.05) is 0 Å². The summed E-state index contributed by atoms with van der Waals surface area (Å²) in [7, 11) is 0. The Bertz CT molecular complexity index is 718. The Kier molecular flexibility index (Phi) is 3.30. The van der Waals surface area contributed by atoms with Gasteiger partial charge >= 0.3 is 0 Å². The molecule has 0 aliphatic carbocycles. The SMILES string of the molecule is Cc1cccc(OCc2cc3cc(Br)ccc3[nH]2)c1. The molecule has 2 aromatic carbocycles. The molecule has 3 heteroatoms. The molecule has 1 heterocycles. The van der Waals surface area contributed by atoms with Crippen LogP contribution in [0.4, 0.5) is 0 Å². The summed E-state index contributed by atoms with van der Waals surface area (Å²) in [6.07, 6.45) is 0. The zero-order valence-electron chi connectivity index (χ0n) is 10.6. The number of aryl methyl sites for hydroxylation is 1. The van der Waals surface area contributed by atoms with Gasteiger partial charge in [0.15, 0.2) is 0 Å². The fourth-order valence-electron chi connectivity index (χ4n) is 2.11. The van der Waals surface area contributed by atoms with Gasteiger partial charge in [-0.2, -0.15) is 0 Å². The molecule has 1 N–H and O–H groups in total. The lowest BCUT2D eigenvalue weighted by Gasteiger charge is -2.05. The maximum Gasteiger partial charge on any atom is 0.128 e. The predicted octanol–water partition coefficient (Wildman–Crippen LogP) is 4.82. The monoisotopic (exact) mass is 315 g/mol. The van der Waals surface area contributed by atoms with Crippen LogP contribution in [0.3, 0.4) is 0 Å². The molecule has 0 saturated heterocycles. The predicted molar refractivity (Wildman–Crippen MR) is 81.5 cm³/mol. The fraction of sp³-hybridized carbons (Fsp3) is 0.125. The molecule has 0 unspecified atom stereocenters. The lowest BCUT2D eigenvalue weighted by molar-refractivity contribution is 0.302. The van der Waals surface area contributed by atoms with Gasteiger partial charge in [0.05, 0.1) is 5.69 Å². The highest BCUT2D eigenvalue weighted by Gasteiger charge is 2.02. The van der Waals surface area contributed by atoms with E-state index >= 15 is 0 Å². The minimum atomic E-state index is 0.551. The number of benzene rings is 2. The van der Waals surface area contributed by atoms with Crippen molar-refractivity contribution in [1.29, 1.82) is 0 Å². The summed E-state index contributed by atoms with van der Waals surface area (Å²) < 4.78 is 6.88. The third-order valence-electron chi connectivity index (χ3n) is 3.02. The Hall–Kier alpha value is -1.74. The van der Waals surface area contributed by atoms with Crippen LogP contribution >= 0.6 is 15.9 Å². The molecule has 96 valence electrons. The van der Waals surface area contributed by atoms with Crippen molar-refractivity contribution in [2.24, 2.45) is 0 Å². The van der Waals surface area contributed by atoms with Gasteiger partial charge in [0.1, 0.15) is 12.4 Å². The van der Waals surface area contributed by atoms with E-state index < -0.39 is 0 Å². The molecular weight excluding hydrogens is 302 g/mol. The van der Waals surface area contributed by atoms with Crippen molar-refractivity contribution in [3.8, 4) is 5.75 Å². The molecule has 0 atom stereocenters. The number of hydrogen-bond acceptors (Lipinski definition) is 1. The van der Waals surface area contributed by atoms with E-state index in [1.165, 1.54) is 10.9 Å². The van der Waals surface area contributed by atoms with Crippen LogP contribution in [0.2, 0.25) is 0 Å². The van der Waals surface area contributed by atoms with Gasteiger partial charge in [-0.1, -0.05) is 28.1 Å². The van der Waals surface area contributed by atoms with E-state index in [0.717, 1.165) is 21.4 Å². The maximum atomic E-state index is 5.79. The van der Waals surface area contributed by atoms with Crippen LogP contribution in [-0.2, 0) is 6.61 Å². The largest absolute Gasteiger partial charge is 0.487 e. The van der Waals surface area contributed by atoms with E-state index in [2.05, 4.69) is 52.1 Å². The zero-order chi connectivity index (χ0) is 13.2. The third kappa shape index (κ3) is 2.82. The normalized spacial score (nSPS) is 10.8. The number of hydrogen-bond donors (Lipinski definition) is 1. The van der Waals surface area contributed by atoms with Gasteiger partial charge in [-0.3, -0.25) is 0 Å². The molecule has 3 rings (SSSR count). The van der Waals surface area contributed by atoms with Crippen LogP contribution in [0.1, 0.15) is 11.3 Å². The van der Waals surface area contributed by atoms with E-state index in [4.69, 9.17) is 4.74 Å². The Labute approximate surface area is 120 Å². The minimum absolute atomic E-state index is 0.551. The first-order valence-corrected chi connectivity index (χ1v) is 6.97. The van der Waals surface area contributed by atoms with Gasteiger partial charge in [0, 0.05) is 15.4 Å². The highest BCUT2D eigenvalue weighted by molar-refractivity contribution is 9.10. The Balaban J connectivity index is 1.78. The standard InChI is InChI=1S/C16H14BrNO/c1-11-3-2-4-15(7-11)19-10-14-9-12-8-13(17)5-6-16(12)18-14/h2-9,18H,10H2,1H3. The van der Waals surface area contributed by atoms with E-state index in [1.807, 2.05) is 24.3 Å². The molecule has 3 aromatic rings. The lowest BCUT2D eigenvalue weighted by atomic mass is 10.2. The summed E-state index contributed by atoms with van der Waals surface area (Å²) in [4.78, 5) is 3.36. The average Bonchev–Trinajstić information content (AvgIpc) is 2.78. The van der Waals surface area contributed by atoms with E-state index in [0.29, 0.717) is 6.61 Å². The van der Waals surface area contributed by atoms with Crippen LogP contribution in [-0.4, -0.2) is 4.98 Å². The maximum absolute atomic E-state index is 5.79. The summed E-state index contributed by atoms with van der Waals surface area (Å²) >= 11 is 3.48. The fourth-order valence-corrected chi connectivity index (χ4v) is 2.49. The van der Waals surface area contributed by atoms with Gasteiger partial charge in [0.2, 0.25) is 0 Å². The first kappa shape index (κ1) is 12.3. The summed E-state index contributed by atoms with van der Waals surface area (Å²) in [5, 5.41) is 1.19. The first-order valence-electron chi connectivity index (χ1n) is 6.17. The molecule has 0 saturated carbocycles. The van der Waals surface area contributed by atoms with Crippen molar-refractivity contribution in [3.63, 3.8) is 0 Å². The van der Waals surface area contributed by atoms with Crippen LogP contribution in [0.25, 0.3) is 10.9 Å². The number of nitrogens with one attached hydrogen (secondary N) is 1. The molecule has 0 fully saturated rings. The highest BCUT2D eigenvalue weighted by atomic mass is 79.9. The number of fused-ring (bicyclic) bond motifs is 1. The number of aromatic amines is 1. The van der Waals surface area contributed by atoms with Crippen molar-refractivity contribution in [2.45, 2.75) is 13.5 Å². The molecule has 19 heavy (non-hydrogen) atoms. The molecule has 0 amide bonds.